The van der Waals surface area contributed by atoms with Crippen LogP contribution in [0.2, 0.25) is 0 Å². The molecule has 0 spiro atoms. The lowest BCUT2D eigenvalue weighted by molar-refractivity contribution is -0.109. The van der Waals surface area contributed by atoms with E-state index in [1.54, 1.807) is 19.1 Å². The third-order valence-corrected chi connectivity index (χ3v) is 8.23. The summed E-state index contributed by atoms with van der Waals surface area (Å²) < 4.78 is 50.2. The molecule has 0 saturated heterocycles. The second-order valence-electron chi connectivity index (χ2n) is 7.05. The Bertz CT molecular complexity index is 1190. The largest absolute Gasteiger partial charge is 0.337 e. The molecule has 1 unspecified atom stereocenters. The first-order valence-corrected chi connectivity index (χ1v) is 13.8. The Morgan fingerprint density at radius 3 is 2.16 bits per heavy atom. The summed E-state index contributed by atoms with van der Waals surface area (Å²) in [5.41, 5.74) is 0.877. The first-order chi connectivity index (χ1) is 14.5. The van der Waals surface area contributed by atoms with Crippen molar-refractivity contribution in [2.45, 2.75) is 23.9 Å². The fourth-order valence-electron chi connectivity index (χ4n) is 3.23. The van der Waals surface area contributed by atoms with Crippen molar-refractivity contribution in [3.8, 4) is 0 Å². The smallest absolute Gasteiger partial charge is 0.235 e. The summed E-state index contributed by atoms with van der Waals surface area (Å²) in [6, 6.07) is 15.8. The number of thioether (sulfide) groups is 1. The van der Waals surface area contributed by atoms with Crippen LogP contribution in [0.4, 0.5) is 5.69 Å². The number of anilines is 1. The minimum absolute atomic E-state index is 0.174. The van der Waals surface area contributed by atoms with Crippen molar-refractivity contribution in [2.75, 3.05) is 17.4 Å². The van der Waals surface area contributed by atoms with Gasteiger partial charge in [-0.3, -0.25) is 4.79 Å². The second-order valence-corrected chi connectivity index (χ2v) is 12.2. The molecular formula is C20H23N3O5S3. The van der Waals surface area contributed by atoms with Crippen LogP contribution in [0.3, 0.4) is 0 Å². The number of allylic oxidation sites excluding steroid dienone is 1. The molecule has 0 aliphatic carbocycles. The van der Waals surface area contributed by atoms with Crippen molar-refractivity contribution in [2.24, 2.45) is 0 Å². The molecule has 0 bridgehead atoms. The third kappa shape index (κ3) is 5.23. The van der Waals surface area contributed by atoms with Gasteiger partial charge >= 0.3 is 0 Å². The lowest BCUT2D eigenvalue weighted by Crippen LogP contribution is -2.47. The fraction of sp³-hybridized carbons (Fsp3) is 0.250. The summed E-state index contributed by atoms with van der Waals surface area (Å²) in [7, 11) is -7.11. The van der Waals surface area contributed by atoms with Crippen LogP contribution < -0.4 is 10.2 Å². The van der Waals surface area contributed by atoms with Crippen molar-refractivity contribution in [3.05, 3.63) is 70.9 Å². The molecule has 1 heterocycles. The van der Waals surface area contributed by atoms with Crippen LogP contribution >= 0.6 is 11.8 Å². The van der Waals surface area contributed by atoms with Gasteiger partial charge in [0.05, 0.1) is 11.2 Å². The molecule has 0 aromatic heterocycles. The van der Waals surface area contributed by atoms with Gasteiger partial charge in [-0.2, -0.15) is 0 Å². The number of hydrogen-bond acceptors (Lipinski definition) is 7. The average molecular weight is 482 g/mol. The Labute approximate surface area is 186 Å². The summed E-state index contributed by atoms with van der Waals surface area (Å²) in [6.07, 6.45) is 2.66. The number of amides is 1. The van der Waals surface area contributed by atoms with Gasteiger partial charge in [-0.25, -0.2) is 21.1 Å². The van der Waals surface area contributed by atoms with Gasteiger partial charge in [0.1, 0.15) is 5.82 Å². The van der Waals surface area contributed by atoms with E-state index in [2.05, 4.69) is 5.32 Å². The molecule has 3 rings (SSSR count). The number of carbonyl (C=O) groups is 1. The minimum atomic E-state index is -3.74. The Kier molecular flexibility index (Phi) is 6.68. The zero-order valence-corrected chi connectivity index (χ0v) is 19.7. The van der Waals surface area contributed by atoms with Crippen LogP contribution in [0.1, 0.15) is 12.5 Å². The van der Waals surface area contributed by atoms with Crippen molar-refractivity contribution >= 4 is 43.7 Å². The summed E-state index contributed by atoms with van der Waals surface area (Å²) >= 11 is 1.29. The first kappa shape index (κ1) is 23.2. The van der Waals surface area contributed by atoms with Crippen LogP contribution in [0.5, 0.6) is 0 Å². The molecule has 1 aliphatic rings. The predicted molar refractivity (Wildman–Crippen MR) is 122 cm³/mol. The summed E-state index contributed by atoms with van der Waals surface area (Å²) in [4.78, 5) is 13.8. The van der Waals surface area contributed by atoms with Crippen molar-refractivity contribution in [3.63, 3.8) is 0 Å². The normalized spacial score (nSPS) is 17.0. The van der Waals surface area contributed by atoms with Crippen LogP contribution in [0, 0.1) is 0 Å². The van der Waals surface area contributed by atoms with E-state index in [1.807, 2.05) is 35.2 Å². The van der Waals surface area contributed by atoms with E-state index >= 15 is 0 Å². The van der Waals surface area contributed by atoms with Gasteiger partial charge < -0.3 is 10.2 Å². The highest BCUT2D eigenvalue weighted by atomic mass is 32.2. The zero-order chi connectivity index (χ0) is 22.8. The first-order valence-electron chi connectivity index (χ1n) is 9.20. The highest BCUT2D eigenvalue weighted by Gasteiger charge is 2.40. The van der Waals surface area contributed by atoms with Gasteiger partial charge in [0.15, 0.2) is 15.3 Å². The van der Waals surface area contributed by atoms with E-state index < -0.39 is 25.4 Å². The molecular weight excluding hydrogens is 458 g/mol. The molecule has 11 heteroatoms. The van der Waals surface area contributed by atoms with Crippen molar-refractivity contribution in [1.82, 2.24) is 9.62 Å². The number of sulfone groups is 1. The molecule has 2 aromatic rings. The molecule has 1 aliphatic heterocycles. The lowest BCUT2D eigenvalue weighted by Gasteiger charge is -2.36. The van der Waals surface area contributed by atoms with E-state index in [0.29, 0.717) is 23.5 Å². The molecule has 0 saturated carbocycles. The number of hydrogen-bond donors (Lipinski definition) is 1. The van der Waals surface area contributed by atoms with E-state index in [9.17, 15) is 21.6 Å². The van der Waals surface area contributed by atoms with Gasteiger partial charge in [-0.05, 0) is 36.8 Å². The topological polar surface area (TPSA) is 104 Å². The van der Waals surface area contributed by atoms with Gasteiger partial charge in [0, 0.05) is 23.4 Å². The Morgan fingerprint density at radius 1 is 1.03 bits per heavy atom. The second kappa shape index (κ2) is 8.93. The quantitative estimate of drug-likeness (QED) is 0.577. The van der Waals surface area contributed by atoms with Gasteiger partial charge in [-0.15, -0.1) is 0 Å². The van der Waals surface area contributed by atoms with Gasteiger partial charge in [0.2, 0.25) is 16.4 Å². The van der Waals surface area contributed by atoms with Crippen molar-refractivity contribution in [1.29, 1.82) is 0 Å². The SMILES string of the molecule is CC1=C(NC=O)N(S(C)(=O)=O)C(N(Cc2ccccc2)c2ccc(S(C)(=O)=O)cc2)S1. The van der Waals surface area contributed by atoms with Crippen LogP contribution in [0.25, 0.3) is 0 Å². The highest BCUT2D eigenvalue weighted by molar-refractivity contribution is 8.04. The van der Waals surface area contributed by atoms with E-state index in [1.165, 1.54) is 28.2 Å². The molecule has 0 radical (unpaired) electrons. The Morgan fingerprint density at radius 2 is 1.65 bits per heavy atom. The summed E-state index contributed by atoms with van der Waals surface area (Å²) in [6.45, 7) is 2.10. The average Bonchev–Trinajstić information content (AvgIpc) is 3.03. The highest BCUT2D eigenvalue weighted by Crippen LogP contribution is 2.42. The molecule has 8 nitrogen and oxygen atoms in total. The van der Waals surface area contributed by atoms with Crippen LogP contribution in [-0.2, 0) is 31.2 Å². The molecule has 1 atom stereocenters. The number of carbonyl (C=O) groups excluding carboxylic acids is 1. The fourth-order valence-corrected chi connectivity index (χ4v) is 6.59. The van der Waals surface area contributed by atoms with Gasteiger partial charge in [-0.1, -0.05) is 42.1 Å². The molecule has 1 N–H and O–H groups in total. The summed E-state index contributed by atoms with van der Waals surface area (Å²) in [5.74, 6) is 0.207. The van der Waals surface area contributed by atoms with E-state index in [4.69, 9.17) is 0 Å². The minimum Gasteiger partial charge on any atom is -0.337 e. The maximum Gasteiger partial charge on any atom is 0.235 e. The predicted octanol–water partition coefficient (Wildman–Crippen LogP) is 2.32. The monoisotopic (exact) mass is 481 g/mol. The Hall–Kier alpha value is -2.50. The molecule has 0 fully saturated rings. The zero-order valence-electron chi connectivity index (χ0n) is 17.2. The van der Waals surface area contributed by atoms with Crippen molar-refractivity contribution < 1.29 is 21.6 Å². The molecule has 1 amide bonds. The lowest BCUT2D eigenvalue weighted by atomic mass is 10.2. The van der Waals surface area contributed by atoms with Gasteiger partial charge in [0.25, 0.3) is 0 Å². The maximum atomic E-state index is 12.7. The maximum absolute atomic E-state index is 12.7. The Balaban J connectivity index is 2.09. The van der Waals surface area contributed by atoms with Crippen LogP contribution in [0.15, 0.2) is 70.2 Å². The van der Waals surface area contributed by atoms with E-state index in [-0.39, 0.29) is 10.7 Å². The number of nitrogens with one attached hydrogen (secondary N) is 1. The summed E-state index contributed by atoms with van der Waals surface area (Å²) in [5, 5.41) is 2.50. The number of rotatable bonds is 8. The number of benzene rings is 2. The molecule has 166 valence electrons. The molecule has 2 aromatic carbocycles. The van der Waals surface area contributed by atoms with Crippen LogP contribution in [-0.4, -0.2) is 45.6 Å². The van der Waals surface area contributed by atoms with E-state index in [0.717, 1.165) is 18.1 Å². The number of nitrogens with zero attached hydrogens (tertiary/aromatic N) is 2. The number of sulfonamides is 1. The molecule has 31 heavy (non-hydrogen) atoms. The third-order valence-electron chi connectivity index (χ3n) is 4.65. The standard InChI is InChI=1S/C20H23N3O5S3/c1-15-19(21-14-24)23(31(3,27)28)20(29-15)22(13-16-7-5-4-6-8-16)17-9-11-18(12-10-17)30(2,25)26/h4-12,14,20H,13H2,1-3H3,(H,21,24).